The first-order chi connectivity index (χ1) is 15.6. The van der Waals surface area contributed by atoms with Gasteiger partial charge in [0, 0.05) is 13.1 Å². The molecule has 1 N–H and O–H groups in total. The molecule has 8 heteroatoms. The number of methoxy groups -OCH3 is 1. The van der Waals surface area contributed by atoms with Crippen molar-refractivity contribution < 1.29 is 14.3 Å². The zero-order valence-corrected chi connectivity index (χ0v) is 19.2. The molecule has 0 saturated carbocycles. The summed E-state index contributed by atoms with van der Waals surface area (Å²) in [5, 5.41) is 12.1. The van der Waals surface area contributed by atoms with Gasteiger partial charge in [0.2, 0.25) is 5.91 Å². The molecule has 2 aromatic carbocycles. The maximum absolute atomic E-state index is 12.2. The van der Waals surface area contributed by atoms with Crippen molar-refractivity contribution in [1.29, 1.82) is 0 Å². The van der Waals surface area contributed by atoms with E-state index in [-0.39, 0.29) is 18.3 Å². The van der Waals surface area contributed by atoms with Crippen molar-refractivity contribution in [2.45, 2.75) is 31.7 Å². The van der Waals surface area contributed by atoms with Gasteiger partial charge in [0.1, 0.15) is 6.61 Å². The summed E-state index contributed by atoms with van der Waals surface area (Å²) < 4.78 is 13.2. The smallest absolute Gasteiger partial charge is 0.230 e. The fourth-order valence-electron chi connectivity index (χ4n) is 3.05. The third kappa shape index (κ3) is 6.62. The normalized spacial score (nSPS) is 10.6. The molecular weight excluding hydrogens is 424 g/mol. The Hall–Kier alpha value is -3.26. The lowest BCUT2D eigenvalue weighted by atomic mass is 10.1. The van der Waals surface area contributed by atoms with Crippen LogP contribution < -0.4 is 14.8 Å². The van der Waals surface area contributed by atoms with Crippen LogP contribution in [0.25, 0.3) is 0 Å². The van der Waals surface area contributed by atoms with Crippen molar-refractivity contribution in [2.24, 2.45) is 0 Å². The molecular formula is C24H28N4O3S. The van der Waals surface area contributed by atoms with Gasteiger partial charge in [-0.1, -0.05) is 54.2 Å². The fraction of sp³-hybridized carbons (Fsp3) is 0.292. The highest BCUT2D eigenvalue weighted by Gasteiger charge is 2.15. The van der Waals surface area contributed by atoms with Crippen LogP contribution >= 0.6 is 11.8 Å². The fourth-order valence-corrected chi connectivity index (χ4v) is 3.85. The number of aryl methyl sites for hydroxylation is 1. The van der Waals surface area contributed by atoms with E-state index in [1.54, 1.807) is 13.2 Å². The van der Waals surface area contributed by atoms with E-state index in [2.05, 4.69) is 34.2 Å². The summed E-state index contributed by atoms with van der Waals surface area (Å²) in [6.45, 7) is 7.15. The number of amides is 1. The molecule has 0 bridgehead atoms. The topological polar surface area (TPSA) is 78.3 Å². The molecule has 1 amide bonds. The molecule has 0 aliphatic heterocycles. The third-order valence-electron chi connectivity index (χ3n) is 4.69. The van der Waals surface area contributed by atoms with Crippen molar-refractivity contribution >= 4 is 17.7 Å². The number of nitrogens with one attached hydrogen (secondary N) is 1. The molecule has 1 aromatic heterocycles. The van der Waals surface area contributed by atoms with E-state index < -0.39 is 0 Å². The largest absolute Gasteiger partial charge is 0.493 e. The minimum absolute atomic E-state index is 0.0405. The van der Waals surface area contributed by atoms with E-state index in [0.717, 1.165) is 12.0 Å². The van der Waals surface area contributed by atoms with E-state index in [4.69, 9.17) is 9.47 Å². The highest BCUT2D eigenvalue weighted by atomic mass is 32.2. The van der Waals surface area contributed by atoms with Gasteiger partial charge >= 0.3 is 0 Å². The van der Waals surface area contributed by atoms with E-state index >= 15 is 0 Å². The van der Waals surface area contributed by atoms with E-state index in [1.165, 1.54) is 17.3 Å². The number of benzene rings is 2. The predicted molar refractivity (Wildman–Crippen MR) is 126 cm³/mol. The van der Waals surface area contributed by atoms with Crippen LogP contribution in [-0.4, -0.2) is 40.1 Å². The average Bonchev–Trinajstić information content (AvgIpc) is 3.19. The van der Waals surface area contributed by atoms with E-state index in [1.807, 2.05) is 47.9 Å². The van der Waals surface area contributed by atoms with E-state index in [9.17, 15) is 4.79 Å². The van der Waals surface area contributed by atoms with Crippen LogP contribution in [0.3, 0.4) is 0 Å². The van der Waals surface area contributed by atoms with Gasteiger partial charge in [-0.2, -0.15) is 0 Å². The number of carbonyl (C=O) groups excluding carboxylic acids is 1. The number of carbonyl (C=O) groups is 1. The van der Waals surface area contributed by atoms with Crippen LogP contribution in [0.1, 0.15) is 17.0 Å². The molecule has 0 radical (unpaired) electrons. The van der Waals surface area contributed by atoms with Gasteiger partial charge in [-0.3, -0.25) is 9.36 Å². The van der Waals surface area contributed by atoms with Gasteiger partial charge in [-0.05, 0) is 36.6 Å². The maximum atomic E-state index is 12.2. The van der Waals surface area contributed by atoms with Gasteiger partial charge in [-0.15, -0.1) is 16.8 Å². The van der Waals surface area contributed by atoms with Crippen LogP contribution in [0, 0.1) is 6.92 Å². The van der Waals surface area contributed by atoms with Crippen LogP contribution in [0.4, 0.5) is 0 Å². The molecule has 0 aliphatic carbocycles. The van der Waals surface area contributed by atoms with Crippen molar-refractivity contribution in [3.8, 4) is 11.5 Å². The minimum atomic E-state index is -0.0405. The number of thioether (sulfide) groups is 1. The number of aromatic nitrogens is 3. The highest BCUT2D eigenvalue weighted by molar-refractivity contribution is 7.99. The lowest BCUT2D eigenvalue weighted by Gasteiger charge is -2.12. The number of nitrogens with zero attached hydrogens (tertiary/aromatic N) is 3. The molecule has 0 aliphatic rings. The Balaban J connectivity index is 1.54. The van der Waals surface area contributed by atoms with Gasteiger partial charge in [-0.25, -0.2) is 0 Å². The SMILES string of the molecule is C=CCn1c(COc2ccc(C)cc2OC)nnc1SCC(=O)NCCc1ccccc1. The van der Waals surface area contributed by atoms with Gasteiger partial charge in [0.25, 0.3) is 0 Å². The van der Waals surface area contributed by atoms with Crippen molar-refractivity contribution in [3.63, 3.8) is 0 Å². The number of ether oxygens (including phenoxy) is 2. The van der Waals surface area contributed by atoms with E-state index in [0.29, 0.717) is 35.6 Å². The first-order valence-electron chi connectivity index (χ1n) is 10.3. The molecule has 168 valence electrons. The number of allylic oxidation sites excluding steroid dienone is 1. The Morgan fingerprint density at radius 3 is 2.75 bits per heavy atom. The Morgan fingerprint density at radius 1 is 1.19 bits per heavy atom. The standard InChI is InChI=1S/C24H28N4O3S/c1-4-14-28-22(16-31-20-11-10-18(2)15-21(20)30-3)26-27-24(28)32-17-23(29)25-13-12-19-8-6-5-7-9-19/h4-11,15H,1,12-14,16-17H2,2-3H3,(H,25,29). The van der Waals surface area contributed by atoms with Crippen molar-refractivity contribution in [1.82, 2.24) is 20.1 Å². The molecule has 7 nitrogen and oxygen atoms in total. The first kappa shape index (κ1) is 23.4. The zero-order chi connectivity index (χ0) is 22.8. The van der Waals surface area contributed by atoms with Gasteiger partial charge in [0.05, 0.1) is 12.9 Å². The number of hydrogen-bond acceptors (Lipinski definition) is 6. The Bertz CT molecular complexity index is 1040. The summed E-state index contributed by atoms with van der Waals surface area (Å²) in [4.78, 5) is 12.2. The van der Waals surface area contributed by atoms with Crippen LogP contribution in [0.2, 0.25) is 0 Å². The van der Waals surface area contributed by atoms with Crippen LogP contribution in [-0.2, 0) is 24.4 Å². The van der Waals surface area contributed by atoms with Gasteiger partial charge < -0.3 is 14.8 Å². The second kappa shape index (κ2) is 12.0. The molecule has 32 heavy (non-hydrogen) atoms. The summed E-state index contributed by atoms with van der Waals surface area (Å²) in [7, 11) is 1.61. The predicted octanol–water partition coefficient (Wildman–Crippen LogP) is 3.81. The molecule has 0 saturated heterocycles. The second-order valence-electron chi connectivity index (χ2n) is 7.12. The molecule has 0 atom stereocenters. The summed E-state index contributed by atoms with van der Waals surface area (Å²) in [6, 6.07) is 15.8. The maximum Gasteiger partial charge on any atom is 0.230 e. The zero-order valence-electron chi connectivity index (χ0n) is 18.4. The highest BCUT2D eigenvalue weighted by Crippen LogP contribution is 2.28. The third-order valence-corrected chi connectivity index (χ3v) is 5.66. The van der Waals surface area contributed by atoms with Gasteiger partial charge in [0.15, 0.2) is 22.5 Å². The monoisotopic (exact) mass is 452 g/mol. The minimum Gasteiger partial charge on any atom is -0.493 e. The molecule has 3 aromatic rings. The second-order valence-corrected chi connectivity index (χ2v) is 8.06. The molecule has 3 rings (SSSR count). The summed E-state index contributed by atoms with van der Waals surface area (Å²) in [5.41, 5.74) is 2.28. The van der Waals surface area contributed by atoms with Crippen molar-refractivity contribution in [3.05, 3.63) is 78.1 Å². The lowest BCUT2D eigenvalue weighted by molar-refractivity contribution is -0.118. The lowest BCUT2D eigenvalue weighted by Crippen LogP contribution is -2.27. The van der Waals surface area contributed by atoms with Crippen LogP contribution in [0.15, 0.2) is 66.3 Å². The quantitative estimate of drug-likeness (QED) is 0.333. The first-order valence-corrected chi connectivity index (χ1v) is 11.3. The van der Waals surface area contributed by atoms with Crippen LogP contribution in [0.5, 0.6) is 11.5 Å². The summed E-state index contributed by atoms with van der Waals surface area (Å²) >= 11 is 1.34. The number of rotatable bonds is 12. The summed E-state index contributed by atoms with van der Waals surface area (Å²) in [6.07, 6.45) is 2.57. The summed E-state index contributed by atoms with van der Waals surface area (Å²) in [5.74, 6) is 2.18. The Kier molecular flexibility index (Phi) is 8.74. The molecule has 0 spiro atoms. The Labute approximate surface area is 192 Å². The molecule has 0 fully saturated rings. The average molecular weight is 453 g/mol. The Morgan fingerprint density at radius 2 is 2.00 bits per heavy atom. The number of hydrogen-bond donors (Lipinski definition) is 1. The van der Waals surface area contributed by atoms with Crippen molar-refractivity contribution in [2.75, 3.05) is 19.4 Å². The molecule has 1 heterocycles. The molecule has 0 unspecified atom stereocenters.